The first kappa shape index (κ1) is 22.1. The van der Waals surface area contributed by atoms with Crippen LogP contribution in [0.1, 0.15) is 18.1 Å². The van der Waals surface area contributed by atoms with Crippen LogP contribution in [0.3, 0.4) is 0 Å². The maximum atomic E-state index is 13.1. The third kappa shape index (κ3) is 4.43. The van der Waals surface area contributed by atoms with Crippen LogP contribution in [0.15, 0.2) is 35.2 Å². The van der Waals surface area contributed by atoms with Gasteiger partial charge in [0.2, 0.25) is 15.9 Å². The lowest BCUT2D eigenvalue weighted by Crippen LogP contribution is -2.36. The summed E-state index contributed by atoms with van der Waals surface area (Å²) in [4.78, 5) is 24.2. The molecule has 160 valence electrons. The zero-order valence-electron chi connectivity index (χ0n) is 16.9. The van der Waals surface area contributed by atoms with Crippen LogP contribution in [0.5, 0.6) is 5.75 Å². The maximum absolute atomic E-state index is 13.1. The minimum absolute atomic E-state index is 0.00108. The van der Waals surface area contributed by atoms with Crippen molar-refractivity contribution in [2.75, 3.05) is 24.2 Å². The zero-order chi connectivity index (χ0) is 22.2. The normalized spacial score (nSPS) is 15.9. The lowest BCUT2D eigenvalue weighted by atomic mass is 10.1. The highest BCUT2D eigenvalue weighted by atomic mass is 35.5. The molecule has 0 unspecified atom stereocenters. The first-order chi connectivity index (χ1) is 14.0. The predicted molar refractivity (Wildman–Crippen MR) is 115 cm³/mol. The molecule has 3 rings (SSSR count). The highest BCUT2D eigenvalue weighted by Crippen LogP contribution is 2.35. The number of benzene rings is 2. The summed E-state index contributed by atoms with van der Waals surface area (Å²) in [5.41, 5.74) is 2.15. The average Bonchev–Trinajstić information content (AvgIpc) is 2.65. The number of hydrogen-bond acceptors (Lipinski definition) is 5. The van der Waals surface area contributed by atoms with Gasteiger partial charge < -0.3 is 15.4 Å². The van der Waals surface area contributed by atoms with Crippen molar-refractivity contribution in [2.24, 2.45) is 0 Å². The van der Waals surface area contributed by atoms with E-state index in [4.69, 9.17) is 16.3 Å². The van der Waals surface area contributed by atoms with Gasteiger partial charge >= 0.3 is 0 Å². The quantitative estimate of drug-likeness (QED) is 0.727. The van der Waals surface area contributed by atoms with Gasteiger partial charge in [0.1, 0.15) is 5.75 Å². The summed E-state index contributed by atoms with van der Waals surface area (Å²) in [6, 6.07) is 7.96. The van der Waals surface area contributed by atoms with E-state index in [0.29, 0.717) is 22.0 Å². The van der Waals surface area contributed by atoms with Crippen molar-refractivity contribution >= 4 is 44.8 Å². The fraction of sp³-hybridized carbons (Fsp3) is 0.300. The van der Waals surface area contributed by atoms with E-state index in [1.54, 1.807) is 32.0 Å². The summed E-state index contributed by atoms with van der Waals surface area (Å²) in [5.74, 6) is -0.541. The van der Waals surface area contributed by atoms with Gasteiger partial charge in [-0.1, -0.05) is 17.7 Å². The Labute approximate surface area is 180 Å². The van der Waals surface area contributed by atoms with Crippen molar-refractivity contribution in [3.05, 3.63) is 46.5 Å². The molecule has 1 aliphatic heterocycles. The second kappa shape index (κ2) is 8.25. The largest absolute Gasteiger partial charge is 0.479 e. The molecule has 0 saturated heterocycles. The number of aryl methyl sites for hydroxylation is 2. The molecule has 0 saturated carbocycles. The summed E-state index contributed by atoms with van der Waals surface area (Å²) in [7, 11) is -2.66. The van der Waals surface area contributed by atoms with Gasteiger partial charge in [-0.3, -0.25) is 9.59 Å². The summed E-state index contributed by atoms with van der Waals surface area (Å²) in [6.07, 6.45) is -0.736. The predicted octanol–water partition coefficient (Wildman–Crippen LogP) is 2.94. The van der Waals surface area contributed by atoms with Crippen molar-refractivity contribution in [1.29, 1.82) is 0 Å². The number of carbonyl (C=O) groups is 2. The topological polar surface area (TPSA) is 105 Å². The average molecular weight is 452 g/mol. The molecule has 1 atom stereocenters. The molecule has 0 aromatic heterocycles. The summed E-state index contributed by atoms with van der Waals surface area (Å²) in [5, 5.41) is 5.82. The SMILES string of the molecule is Cc1ccc(Cl)cc1NC(=O)CN(C)S(=O)(=O)c1cc2c(cc1C)NC(=O)[C@H](C)O2. The third-order valence-electron chi connectivity index (χ3n) is 4.74. The third-order valence-corrected chi connectivity index (χ3v) is 6.92. The summed E-state index contributed by atoms with van der Waals surface area (Å²) < 4.78 is 32.6. The lowest BCUT2D eigenvalue weighted by molar-refractivity contribution is -0.122. The van der Waals surface area contributed by atoms with Crippen molar-refractivity contribution < 1.29 is 22.7 Å². The second-order valence-electron chi connectivity index (χ2n) is 7.13. The van der Waals surface area contributed by atoms with Gasteiger partial charge in [-0.2, -0.15) is 4.31 Å². The minimum Gasteiger partial charge on any atom is -0.479 e. The molecule has 0 spiro atoms. The second-order valence-corrected chi connectivity index (χ2v) is 9.58. The Morgan fingerprint density at radius 2 is 1.93 bits per heavy atom. The summed E-state index contributed by atoms with van der Waals surface area (Å²) in [6.45, 7) is 4.60. The first-order valence-electron chi connectivity index (χ1n) is 9.13. The Morgan fingerprint density at radius 1 is 1.23 bits per heavy atom. The molecule has 30 heavy (non-hydrogen) atoms. The van der Waals surface area contributed by atoms with Gasteiger partial charge in [0.05, 0.1) is 17.1 Å². The van der Waals surface area contributed by atoms with Crippen LogP contribution in [0.25, 0.3) is 0 Å². The van der Waals surface area contributed by atoms with E-state index in [1.165, 1.54) is 19.2 Å². The van der Waals surface area contributed by atoms with Crippen LogP contribution in [0.2, 0.25) is 5.02 Å². The fourth-order valence-electron chi connectivity index (χ4n) is 2.99. The van der Waals surface area contributed by atoms with Crippen LogP contribution < -0.4 is 15.4 Å². The fourth-order valence-corrected chi connectivity index (χ4v) is 4.51. The monoisotopic (exact) mass is 451 g/mol. The number of sulfonamides is 1. The number of fused-ring (bicyclic) bond motifs is 1. The number of anilines is 2. The van der Waals surface area contributed by atoms with Crippen LogP contribution >= 0.6 is 11.6 Å². The van der Waals surface area contributed by atoms with Crippen LogP contribution in [-0.4, -0.2) is 44.2 Å². The van der Waals surface area contributed by atoms with Crippen molar-refractivity contribution in [2.45, 2.75) is 31.8 Å². The highest BCUT2D eigenvalue weighted by molar-refractivity contribution is 7.89. The van der Waals surface area contributed by atoms with Crippen molar-refractivity contribution in [3.8, 4) is 5.75 Å². The molecular formula is C20H22ClN3O5S. The molecule has 1 heterocycles. The zero-order valence-corrected chi connectivity index (χ0v) is 18.5. The van der Waals surface area contributed by atoms with Gasteiger partial charge in [-0.25, -0.2) is 8.42 Å². The number of nitrogens with one attached hydrogen (secondary N) is 2. The standard InChI is InChI=1S/C20H22ClN3O5S/c1-11-5-6-14(21)8-15(11)22-19(25)10-24(4)30(27,28)18-9-17-16(7-12(18)2)23-20(26)13(3)29-17/h5-9,13H,10H2,1-4H3,(H,22,25)(H,23,26)/t13-/m0/s1. The van der Waals surface area contributed by atoms with E-state index in [9.17, 15) is 18.0 Å². The number of nitrogens with zero attached hydrogens (tertiary/aromatic N) is 1. The number of hydrogen-bond donors (Lipinski definition) is 2. The molecule has 0 radical (unpaired) electrons. The summed E-state index contributed by atoms with van der Waals surface area (Å²) >= 11 is 5.96. The number of rotatable bonds is 5. The number of carbonyl (C=O) groups excluding carboxylic acids is 2. The molecular weight excluding hydrogens is 430 g/mol. The smallest absolute Gasteiger partial charge is 0.265 e. The van der Waals surface area contributed by atoms with Gasteiger partial charge in [0.15, 0.2) is 6.10 Å². The van der Waals surface area contributed by atoms with Crippen LogP contribution in [0, 0.1) is 13.8 Å². The first-order valence-corrected chi connectivity index (χ1v) is 11.0. The van der Waals surface area contributed by atoms with E-state index < -0.39 is 28.6 Å². The Kier molecular flexibility index (Phi) is 6.07. The minimum atomic E-state index is -3.99. The van der Waals surface area contributed by atoms with Gasteiger partial charge in [0.25, 0.3) is 5.91 Å². The molecule has 2 aromatic carbocycles. The molecule has 2 aromatic rings. The van der Waals surface area contributed by atoms with Crippen molar-refractivity contribution in [3.63, 3.8) is 0 Å². The van der Waals surface area contributed by atoms with Crippen LogP contribution in [0.4, 0.5) is 11.4 Å². The Bertz CT molecular complexity index is 1130. The molecule has 2 N–H and O–H groups in total. The van der Waals surface area contributed by atoms with E-state index in [2.05, 4.69) is 10.6 Å². The van der Waals surface area contributed by atoms with Gasteiger partial charge in [-0.15, -0.1) is 0 Å². The molecule has 1 aliphatic rings. The van der Waals surface area contributed by atoms with Gasteiger partial charge in [-0.05, 0) is 50.1 Å². The highest BCUT2D eigenvalue weighted by Gasteiger charge is 2.30. The molecule has 8 nitrogen and oxygen atoms in total. The number of halogens is 1. The maximum Gasteiger partial charge on any atom is 0.265 e. The molecule has 2 amide bonds. The molecule has 10 heteroatoms. The Morgan fingerprint density at radius 3 is 2.63 bits per heavy atom. The molecule has 0 bridgehead atoms. The van der Waals surface area contributed by atoms with E-state index in [-0.39, 0.29) is 16.6 Å². The number of ether oxygens (including phenoxy) is 1. The lowest BCUT2D eigenvalue weighted by Gasteiger charge is -2.25. The van der Waals surface area contributed by atoms with Crippen LogP contribution in [-0.2, 0) is 19.6 Å². The number of amides is 2. The molecule has 0 fully saturated rings. The van der Waals surface area contributed by atoms with E-state index in [1.807, 2.05) is 6.92 Å². The number of likely N-dealkylation sites (N-methyl/N-ethyl adjacent to an activating group) is 1. The van der Waals surface area contributed by atoms with Crippen molar-refractivity contribution in [1.82, 2.24) is 4.31 Å². The Hall–Kier alpha value is -2.62. The Balaban J connectivity index is 1.81. The van der Waals surface area contributed by atoms with Gasteiger partial charge in [0, 0.05) is 23.8 Å². The van der Waals surface area contributed by atoms with E-state index in [0.717, 1.165) is 9.87 Å². The van der Waals surface area contributed by atoms with E-state index >= 15 is 0 Å². The molecule has 0 aliphatic carbocycles.